The topological polar surface area (TPSA) is 68.1 Å². The summed E-state index contributed by atoms with van der Waals surface area (Å²) in [5, 5.41) is 3.66. The first kappa shape index (κ1) is 21.3. The summed E-state index contributed by atoms with van der Waals surface area (Å²) in [6.07, 6.45) is 4.68. The van der Waals surface area contributed by atoms with Crippen molar-refractivity contribution in [1.82, 2.24) is 14.5 Å². The highest BCUT2D eigenvalue weighted by molar-refractivity contribution is 7.18. The Morgan fingerprint density at radius 1 is 1.28 bits per heavy atom. The SMILES string of the molecule is CC(=O)N(c1nc(Cn2cnc3sc4c(c3c2=O)CCC4)cs1)c1c(C)cc(C)cc1Cl. The number of halogens is 1. The molecule has 6 nitrogen and oxygen atoms in total. The van der Waals surface area contributed by atoms with Crippen LogP contribution in [0.15, 0.2) is 28.6 Å². The Balaban J connectivity index is 1.50. The molecule has 9 heteroatoms. The lowest BCUT2D eigenvalue weighted by Crippen LogP contribution is -2.24. The second-order valence-electron chi connectivity index (χ2n) is 8.10. The summed E-state index contributed by atoms with van der Waals surface area (Å²) in [5.74, 6) is -0.172. The maximum absolute atomic E-state index is 13.2. The summed E-state index contributed by atoms with van der Waals surface area (Å²) in [5.41, 5.74) is 4.42. The van der Waals surface area contributed by atoms with Gasteiger partial charge in [0, 0.05) is 17.2 Å². The van der Waals surface area contributed by atoms with E-state index in [1.807, 2.05) is 31.4 Å². The van der Waals surface area contributed by atoms with Gasteiger partial charge in [0.05, 0.1) is 34.7 Å². The molecule has 1 aliphatic carbocycles. The van der Waals surface area contributed by atoms with Crippen molar-refractivity contribution in [2.45, 2.75) is 46.6 Å². The van der Waals surface area contributed by atoms with Crippen LogP contribution in [0.25, 0.3) is 10.2 Å². The van der Waals surface area contributed by atoms with Gasteiger partial charge in [0.25, 0.3) is 5.56 Å². The molecule has 0 N–H and O–H groups in total. The van der Waals surface area contributed by atoms with Crippen LogP contribution in [0.4, 0.5) is 10.8 Å². The molecule has 0 unspecified atom stereocenters. The first-order chi connectivity index (χ1) is 15.3. The van der Waals surface area contributed by atoms with Crippen molar-refractivity contribution in [3.05, 3.63) is 66.5 Å². The molecule has 0 saturated heterocycles. The van der Waals surface area contributed by atoms with Crippen LogP contribution in [-0.2, 0) is 24.2 Å². The Morgan fingerprint density at radius 2 is 2.09 bits per heavy atom. The predicted molar refractivity (Wildman–Crippen MR) is 131 cm³/mol. The number of amides is 1. The van der Waals surface area contributed by atoms with Crippen molar-refractivity contribution in [1.29, 1.82) is 0 Å². The molecule has 3 heterocycles. The van der Waals surface area contributed by atoms with Crippen molar-refractivity contribution >= 4 is 61.2 Å². The molecule has 4 aromatic rings. The minimum Gasteiger partial charge on any atom is -0.293 e. The van der Waals surface area contributed by atoms with Gasteiger partial charge in [-0.1, -0.05) is 17.7 Å². The number of carbonyl (C=O) groups is 1. The molecule has 0 spiro atoms. The van der Waals surface area contributed by atoms with Crippen LogP contribution >= 0.6 is 34.3 Å². The van der Waals surface area contributed by atoms with E-state index in [9.17, 15) is 9.59 Å². The van der Waals surface area contributed by atoms with Crippen LogP contribution in [0.3, 0.4) is 0 Å². The Labute approximate surface area is 198 Å². The van der Waals surface area contributed by atoms with Gasteiger partial charge >= 0.3 is 0 Å². The number of nitrogens with zero attached hydrogens (tertiary/aromatic N) is 4. The molecule has 1 aromatic carbocycles. The zero-order valence-corrected chi connectivity index (χ0v) is 20.3. The number of carbonyl (C=O) groups excluding carboxylic acids is 1. The van der Waals surface area contributed by atoms with Gasteiger partial charge in [0.2, 0.25) is 5.91 Å². The monoisotopic (exact) mass is 484 g/mol. The fourth-order valence-electron chi connectivity index (χ4n) is 4.36. The molecular weight excluding hydrogens is 464 g/mol. The summed E-state index contributed by atoms with van der Waals surface area (Å²) < 4.78 is 1.61. The van der Waals surface area contributed by atoms with E-state index in [1.54, 1.807) is 27.1 Å². The van der Waals surface area contributed by atoms with E-state index >= 15 is 0 Å². The molecule has 3 aromatic heterocycles. The molecule has 0 aliphatic heterocycles. The summed E-state index contributed by atoms with van der Waals surface area (Å²) in [6, 6.07) is 3.83. The number of aromatic nitrogens is 3. The Morgan fingerprint density at radius 3 is 2.84 bits per heavy atom. The number of aryl methyl sites for hydroxylation is 4. The van der Waals surface area contributed by atoms with Gasteiger partial charge in [-0.2, -0.15) is 0 Å². The predicted octanol–water partition coefficient (Wildman–Crippen LogP) is 5.41. The van der Waals surface area contributed by atoms with E-state index in [-0.39, 0.29) is 11.5 Å². The van der Waals surface area contributed by atoms with E-state index in [0.717, 1.165) is 40.6 Å². The first-order valence-corrected chi connectivity index (χ1v) is 12.4. The summed E-state index contributed by atoms with van der Waals surface area (Å²) in [7, 11) is 0. The summed E-state index contributed by atoms with van der Waals surface area (Å²) >= 11 is 9.49. The van der Waals surface area contributed by atoms with Crippen molar-refractivity contribution in [3.63, 3.8) is 0 Å². The van der Waals surface area contributed by atoms with Gasteiger partial charge < -0.3 is 0 Å². The van der Waals surface area contributed by atoms with Crippen molar-refractivity contribution in [3.8, 4) is 0 Å². The van der Waals surface area contributed by atoms with Crippen molar-refractivity contribution in [2.75, 3.05) is 4.90 Å². The standard InChI is InChI=1S/C23H21ClN4O2S2/c1-12-7-13(2)20(17(24)8-12)28(14(3)29)23-26-15(10-31-23)9-27-11-25-21-19(22(27)30)16-5-4-6-18(16)32-21/h7-8,10-11H,4-6,9H2,1-3H3. The third-order valence-corrected chi connectivity index (χ3v) is 8.05. The second-order valence-corrected chi connectivity index (χ2v) is 10.4. The maximum Gasteiger partial charge on any atom is 0.262 e. The molecule has 1 aliphatic rings. The number of thiophene rings is 1. The van der Waals surface area contributed by atoms with Gasteiger partial charge in [-0.05, 0) is 55.9 Å². The number of hydrogen-bond acceptors (Lipinski definition) is 6. The van der Waals surface area contributed by atoms with Crippen LogP contribution in [0.2, 0.25) is 5.02 Å². The fraction of sp³-hybridized carbons (Fsp3) is 0.304. The molecule has 0 radical (unpaired) electrons. The Hall–Kier alpha value is -2.55. The highest BCUT2D eigenvalue weighted by atomic mass is 35.5. The van der Waals surface area contributed by atoms with Crippen LogP contribution < -0.4 is 10.5 Å². The fourth-order valence-corrected chi connectivity index (χ4v) is 6.85. The van der Waals surface area contributed by atoms with Crippen LogP contribution in [0.1, 0.15) is 40.6 Å². The lowest BCUT2D eigenvalue weighted by molar-refractivity contribution is -0.115. The molecular formula is C23H21ClN4O2S2. The largest absolute Gasteiger partial charge is 0.293 e. The zero-order chi connectivity index (χ0) is 22.6. The molecule has 0 saturated carbocycles. The molecule has 5 rings (SSSR count). The van der Waals surface area contributed by atoms with E-state index in [0.29, 0.717) is 28.1 Å². The van der Waals surface area contributed by atoms with Gasteiger partial charge in [-0.15, -0.1) is 22.7 Å². The second kappa shape index (κ2) is 8.10. The van der Waals surface area contributed by atoms with E-state index in [4.69, 9.17) is 11.6 Å². The normalized spacial score (nSPS) is 13.0. The van der Waals surface area contributed by atoms with Crippen molar-refractivity contribution in [2.24, 2.45) is 0 Å². The third kappa shape index (κ3) is 3.56. The van der Waals surface area contributed by atoms with Gasteiger partial charge in [0.1, 0.15) is 4.83 Å². The third-order valence-electron chi connectivity index (χ3n) is 5.69. The average molecular weight is 485 g/mol. The van der Waals surface area contributed by atoms with Crippen LogP contribution in [0.5, 0.6) is 0 Å². The number of fused-ring (bicyclic) bond motifs is 3. The Bertz CT molecular complexity index is 1410. The lowest BCUT2D eigenvalue weighted by atomic mass is 10.1. The number of benzene rings is 1. The average Bonchev–Trinajstić information content (AvgIpc) is 3.42. The molecule has 0 bridgehead atoms. The lowest BCUT2D eigenvalue weighted by Gasteiger charge is -2.22. The highest BCUT2D eigenvalue weighted by Gasteiger charge is 2.24. The maximum atomic E-state index is 13.2. The van der Waals surface area contributed by atoms with Gasteiger partial charge in [-0.25, -0.2) is 9.97 Å². The Kier molecular flexibility index (Phi) is 5.39. The van der Waals surface area contributed by atoms with Crippen LogP contribution in [0, 0.1) is 13.8 Å². The number of anilines is 2. The summed E-state index contributed by atoms with van der Waals surface area (Å²) in [6.45, 7) is 5.69. The summed E-state index contributed by atoms with van der Waals surface area (Å²) in [4.78, 5) is 38.6. The van der Waals surface area contributed by atoms with Crippen molar-refractivity contribution < 1.29 is 4.79 Å². The highest BCUT2D eigenvalue weighted by Crippen LogP contribution is 2.38. The molecule has 0 fully saturated rings. The minimum absolute atomic E-state index is 0.0233. The van der Waals surface area contributed by atoms with Crippen LogP contribution in [-0.4, -0.2) is 20.4 Å². The van der Waals surface area contributed by atoms with Gasteiger partial charge in [-0.3, -0.25) is 19.1 Å². The van der Waals surface area contributed by atoms with E-state index in [1.165, 1.54) is 28.7 Å². The number of hydrogen-bond donors (Lipinski definition) is 0. The number of rotatable bonds is 4. The number of thiazole rings is 1. The minimum atomic E-state index is -0.172. The molecule has 1 amide bonds. The van der Waals surface area contributed by atoms with Gasteiger partial charge in [0.15, 0.2) is 5.13 Å². The molecule has 0 atom stereocenters. The van der Waals surface area contributed by atoms with E-state index < -0.39 is 0 Å². The molecule has 164 valence electrons. The molecule has 32 heavy (non-hydrogen) atoms. The zero-order valence-electron chi connectivity index (χ0n) is 17.9. The smallest absolute Gasteiger partial charge is 0.262 e. The first-order valence-electron chi connectivity index (χ1n) is 10.3. The quantitative estimate of drug-likeness (QED) is 0.388. The van der Waals surface area contributed by atoms with E-state index in [2.05, 4.69) is 9.97 Å².